The zero-order chi connectivity index (χ0) is 17.0. The monoisotopic (exact) mass is 317 g/mol. The average molecular weight is 317 g/mol. The number of rotatable bonds is 4. The van der Waals surface area contributed by atoms with E-state index in [2.05, 4.69) is 15.8 Å². The van der Waals surface area contributed by atoms with Gasteiger partial charge in [0.15, 0.2) is 6.10 Å². The van der Waals surface area contributed by atoms with Crippen molar-refractivity contribution in [1.82, 2.24) is 5.43 Å². The predicted molar refractivity (Wildman–Crippen MR) is 84.8 cm³/mol. The van der Waals surface area contributed by atoms with Crippen molar-refractivity contribution in [3.63, 3.8) is 0 Å². The fraction of sp³-hybridized carbons (Fsp3) is 0.375. The number of anilines is 1. The van der Waals surface area contributed by atoms with Crippen molar-refractivity contribution in [1.29, 1.82) is 0 Å². The first-order valence-electron chi connectivity index (χ1n) is 7.31. The van der Waals surface area contributed by atoms with Gasteiger partial charge in [-0.2, -0.15) is 5.10 Å². The lowest BCUT2D eigenvalue weighted by Crippen LogP contribution is -2.32. The van der Waals surface area contributed by atoms with Crippen LogP contribution in [0, 0.1) is 5.92 Å². The fourth-order valence-electron chi connectivity index (χ4n) is 2.27. The van der Waals surface area contributed by atoms with Crippen molar-refractivity contribution < 1.29 is 19.1 Å². The smallest absolute Gasteiger partial charge is 0.303 e. The second-order valence-electron chi connectivity index (χ2n) is 5.46. The van der Waals surface area contributed by atoms with Crippen molar-refractivity contribution in [3.05, 3.63) is 29.8 Å². The quantitative estimate of drug-likeness (QED) is 0.821. The molecule has 0 spiro atoms. The number of ether oxygens (including phenoxy) is 1. The highest BCUT2D eigenvalue weighted by atomic mass is 16.5. The highest BCUT2D eigenvalue weighted by molar-refractivity contribution is 6.06. The number of benzene rings is 1. The highest BCUT2D eigenvalue weighted by Crippen LogP contribution is 2.18. The van der Waals surface area contributed by atoms with Crippen molar-refractivity contribution in [2.24, 2.45) is 11.0 Å². The second kappa shape index (κ2) is 7.04. The summed E-state index contributed by atoms with van der Waals surface area (Å²) in [7, 11) is 0. The van der Waals surface area contributed by atoms with E-state index in [1.807, 2.05) is 19.1 Å². The molecule has 2 amide bonds. The number of hydrogen-bond donors (Lipinski definition) is 2. The number of nitrogens with zero attached hydrogens (tertiary/aromatic N) is 1. The van der Waals surface area contributed by atoms with Crippen LogP contribution < -0.4 is 10.7 Å². The molecule has 1 aliphatic heterocycles. The molecular weight excluding hydrogens is 298 g/mol. The molecule has 2 rings (SSSR count). The summed E-state index contributed by atoms with van der Waals surface area (Å²) in [5, 5.41) is 6.76. The molecule has 1 aromatic carbocycles. The van der Waals surface area contributed by atoms with Crippen LogP contribution in [0.3, 0.4) is 0 Å². The summed E-state index contributed by atoms with van der Waals surface area (Å²) in [6.45, 7) is 4.70. The number of esters is 1. The molecule has 0 radical (unpaired) electrons. The number of carbonyl (C=O) groups excluding carboxylic acids is 3. The SMILES string of the molecule is CC(=O)OC(C)C(=O)Nc1ccc(C2=NNC(=O)CC2C)cc1. The van der Waals surface area contributed by atoms with Gasteiger partial charge < -0.3 is 10.1 Å². The van der Waals surface area contributed by atoms with Crippen molar-refractivity contribution >= 4 is 29.2 Å². The Morgan fingerprint density at radius 3 is 2.57 bits per heavy atom. The molecule has 2 N–H and O–H groups in total. The Balaban J connectivity index is 2.04. The van der Waals surface area contributed by atoms with Gasteiger partial charge in [-0.1, -0.05) is 19.1 Å². The lowest BCUT2D eigenvalue weighted by molar-refractivity contribution is -0.150. The van der Waals surface area contributed by atoms with Crippen LogP contribution in [-0.4, -0.2) is 29.6 Å². The van der Waals surface area contributed by atoms with Crippen LogP contribution in [0.1, 0.15) is 32.8 Å². The Morgan fingerprint density at radius 1 is 1.35 bits per heavy atom. The van der Waals surface area contributed by atoms with Crippen molar-refractivity contribution in [3.8, 4) is 0 Å². The van der Waals surface area contributed by atoms with Crippen LogP contribution in [0.5, 0.6) is 0 Å². The van der Waals surface area contributed by atoms with Gasteiger partial charge in [-0.3, -0.25) is 14.4 Å². The number of amides is 2. The Morgan fingerprint density at radius 2 is 2.00 bits per heavy atom. The minimum atomic E-state index is -0.856. The zero-order valence-electron chi connectivity index (χ0n) is 13.3. The molecule has 23 heavy (non-hydrogen) atoms. The first kappa shape index (κ1) is 16.7. The summed E-state index contributed by atoms with van der Waals surface area (Å²) in [5.41, 5.74) is 4.74. The predicted octanol–water partition coefficient (Wildman–Crippen LogP) is 1.44. The lowest BCUT2D eigenvalue weighted by atomic mass is 9.94. The van der Waals surface area contributed by atoms with Crippen LogP contribution in [-0.2, 0) is 19.1 Å². The maximum atomic E-state index is 11.9. The minimum Gasteiger partial charge on any atom is -0.453 e. The highest BCUT2D eigenvalue weighted by Gasteiger charge is 2.21. The molecule has 7 heteroatoms. The first-order valence-corrected chi connectivity index (χ1v) is 7.31. The maximum Gasteiger partial charge on any atom is 0.303 e. The van der Waals surface area contributed by atoms with Gasteiger partial charge in [0.25, 0.3) is 5.91 Å². The van der Waals surface area contributed by atoms with E-state index < -0.39 is 18.0 Å². The van der Waals surface area contributed by atoms with Crippen LogP contribution in [0.25, 0.3) is 0 Å². The normalized spacial score (nSPS) is 18.5. The van der Waals surface area contributed by atoms with Crippen molar-refractivity contribution in [2.45, 2.75) is 33.3 Å². The molecule has 1 aliphatic rings. The Hall–Kier alpha value is -2.70. The van der Waals surface area contributed by atoms with Gasteiger partial charge in [-0.05, 0) is 24.6 Å². The first-order chi connectivity index (χ1) is 10.9. The van der Waals surface area contributed by atoms with Crippen molar-refractivity contribution in [2.75, 3.05) is 5.32 Å². The van der Waals surface area contributed by atoms with E-state index in [4.69, 9.17) is 4.74 Å². The number of carbonyl (C=O) groups is 3. The van der Waals surface area contributed by atoms with Gasteiger partial charge in [0.1, 0.15) is 0 Å². The molecule has 0 aliphatic carbocycles. The van der Waals surface area contributed by atoms with Crippen LogP contribution in [0.2, 0.25) is 0 Å². The van der Waals surface area contributed by atoms with E-state index >= 15 is 0 Å². The fourth-order valence-corrected chi connectivity index (χ4v) is 2.27. The summed E-state index contributed by atoms with van der Waals surface area (Å²) in [5.74, 6) is -0.962. The van der Waals surface area contributed by atoms with E-state index in [-0.39, 0.29) is 11.8 Å². The summed E-state index contributed by atoms with van der Waals surface area (Å²) in [6.07, 6.45) is -0.456. The van der Waals surface area contributed by atoms with Crippen LogP contribution >= 0.6 is 0 Å². The second-order valence-corrected chi connectivity index (χ2v) is 5.46. The molecule has 0 fully saturated rings. The summed E-state index contributed by atoms with van der Waals surface area (Å²) < 4.78 is 4.82. The molecule has 0 saturated carbocycles. The topological polar surface area (TPSA) is 96.9 Å². The minimum absolute atomic E-state index is 0.0354. The molecule has 0 aromatic heterocycles. The van der Waals surface area contributed by atoms with Gasteiger partial charge in [0.05, 0.1) is 5.71 Å². The molecule has 0 saturated heterocycles. The number of nitrogens with one attached hydrogen (secondary N) is 2. The molecule has 2 atom stereocenters. The van der Waals surface area contributed by atoms with E-state index in [1.54, 1.807) is 12.1 Å². The zero-order valence-corrected chi connectivity index (χ0v) is 13.3. The lowest BCUT2D eigenvalue weighted by Gasteiger charge is -2.19. The molecule has 7 nitrogen and oxygen atoms in total. The molecule has 1 aromatic rings. The van der Waals surface area contributed by atoms with Gasteiger partial charge in [0.2, 0.25) is 5.91 Å². The number of hydrogen-bond acceptors (Lipinski definition) is 5. The molecule has 2 unspecified atom stereocenters. The maximum absolute atomic E-state index is 11.9. The van der Waals surface area contributed by atoms with Crippen LogP contribution in [0.4, 0.5) is 5.69 Å². The Bertz CT molecular complexity index is 652. The molecule has 1 heterocycles. The van der Waals surface area contributed by atoms with E-state index in [1.165, 1.54) is 13.8 Å². The van der Waals surface area contributed by atoms with Gasteiger partial charge in [-0.15, -0.1) is 0 Å². The third-order valence-electron chi connectivity index (χ3n) is 3.42. The molecule has 122 valence electrons. The summed E-state index contributed by atoms with van der Waals surface area (Å²) in [6, 6.07) is 7.11. The van der Waals surface area contributed by atoms with E-state index in [0.717, 1.165) is 11.3 Å². The van der Waals surface area contributed by atoms with Gasteiger partial charge in [0, 0.05) is 24.9 Å². The Kier molecular flexibility index (Phi) is 5.10. The largest absolute Gasteiger partial charge is 0.453 e. The summed E-state index contributed by atoms with van der Waals surface area (Å²) >= 11 is 0. The van der Waals surface area contributed by atoms with Gasteiger partial charge >= 0.3 is 5.97 Å². The van der Waals surface area contributed by atoms with E-state index in [9.17, 15) is 14.4 Å². The number of hydrazone groups is 1. The standard InChI is InChI=1S/C16H19N3O4/c1-9-8-14(21)18-19-15(9)12-4-6-13(7-5-12)17-16(22)10(2)23-11(3)20/h4-7,9-10H,8H2,1-3H3,(H,17,22)(H,18,21). The summed E-state index contributed by atoms with van der Waals surface area (Å²) in [4.78, 5) is 34.0. The van der Waals surface area contributed by atoms with Crippen LogP contribution in [0.15, 0.2) is 29.4 Å². The molecule has 0 bridgehead atoms. The third kappa shape index (κ3) is 4.38. The average Bonchev–Trinajstić information content (AvgIpc) is 2.47. The van der Waals surface area contributed by atoms with E-state index in [0.29, 0.717) is 12.1 Å². The third-order valence-corrected chi connectivity index (χ3v) is 3.42. The Labute approximate surface area is 134 Å². The molecular formula is C16H19N3O4. The van der Waals surface area contributed by atoms with Gasteiger partial charge in [-0.25, -0.2) is 5.43 Å².